The number of ether oxygens (including phenoxy) is 3. The van der Waals surface area contributed by atoms with E-state index in [1.165, 1.54) is 4.74 Å². The molecular weight excluding hydrogens is 515 g/mol. The van der Waals surface area contributed by atoms with Crippen molar-refractivity contribution < 1.29 is 88.8 Å². The predicted molar refractivity (Wildman–Crippen MR) is 63.6 cm³/mol. The largest absolute Gasteiger partial charge is 0.462 e. The summed E-state index contributed by atoms with van der Waals surface area (Å²) in [4.78, 5) is 0. The summed E-state index contributed by atoms with van der Waals surface area (Å²) < 4.78 is 225. The molecule has 0 aromatic heterocycles. The minimum absolute atomic E-state index is 0.512. The van der Waals surface area contributed by atoms with E-state index >= 15 is 0 Å². The highest BCUT2D eigenvalue weighted by molar-refractivity contribution is 4.95. The summed E-state index contributed by atoms with van der Waals surface area (Å²) in [5.74, 6) is -21.8. The molecular formula is C12H8F17O3. The van der Waals surface area contributed by atoms with E-state index < -0.39 is 68.0 Å². The maximum absolute atomic E-state index is 13.8. The lowest BCUT2D eigenvalue weighted by atomic mass is 10.2. The zero-order valence-electron chi connectivity index (χ0n) is 14.5. The van der Waals surface area contributed by atoms with E-state index in [4.69, 9.17) is 0 Å². The van der Waals surface area contributed by atoms with E-state index in [0.29, 0.717) is 0 Å². The van der Waals surface area contributed by atoms with Gasteiger partial charge in [-0.1, -0.05) is 6.92 Å². The van der Waals surface area contributed by atoms with Gasteiger partial charge < -0.3 is 4.74 Å². The molecule has 0 aliphatic heterocycles. The van der Waals surface area contributed by atoms with Gasteiger partial charge in [0.05, 0.1) is 0 Å². The Bertz CT molecular complexity index is 624. The molecule has 1 radical (unpaired) electrons. The van der Waals surface area contributed by atoms with Crippen molar-refractivity contribution in [3.05, 3.63) is 6.92 Å². The van der Waals surface area contributed by atoms with Gasteiger partial charge in [0.25, 0.3) is 0 Å². The summed E-state index contributed by atoms with van der Waals surface area (Å²) in [5.41, 5.74) is 0. The second kappa shape index (κ2) is 8.80. The maximum atomic E-state index is 13.8. The van der Waals surface area contributed by atoms with Crippen LogP contribution in [0.2, 0.25) is 0 Å². The van der Waals surface area contributed by atoms with E-state index in [-0.39, 0.29) is 0 Å². The minimum Gasteiger partial charge on any atom is -0.375 e. The highest BCUT2D eigenvalue weighted by atomic mass is 19.4. The normalized spacial score (nSPS) is 18.9. The number of rotatable bonds is 10. The van der Waals surface area contributed by atoms with Gasteiger partial charge in [-0.3, -0.25) is 9.47 Å². The van der Waals surface area contributed by atoms with Gasteiger partial charge in [-0.15, -0.1) is 0 Å². The Morgan fingerprint density at radius 1 is 0.531 bits per heavy atom. The summed E-state index contributed by atoms with van der Waals surface area (Å²) in [6, 6.07) is 0. The van der Waals surface area contributed by atoms with Crippen molar-refractivity contribution in [3.63, 3.8) is 0 Å². The van der Waals surface area contributed by atoms with Gasteiger partial charge in [0.2, 0.25) is 0 Å². The second-order valence-electron chi connectivity index (χ2n) is 5.54. The summed E-state index contributed by atoms with van der Waals surface area (Å²) in [6.45, 7) is -0.908. The van der Waals surface area contributed by atoms with Crippen LogP contribution in [-0.2, 0) is 14.2 Å². The average molecular weight is 523 g/mol. The number of halogens is 17. The number of hydrogen-bond acceptors (Lipinski definition) is 3. The molecule has 0 aromatic rings. The second-order valence-corrected chi connectivity index (χ2v) is 5.54. The molecule has 0 aliphatic rings. The molecule has 0 N–H and O–H groups in total. The molecule has 193 valence electrons. The average Bonchev–Trinajstić information content (AvgIpc) is 2.50. The fourth-order valence-corrected chi connectivity index (χ4v) is 1.43. The van der Waals surface area contributed by atoms with Crippen LogP contribution in [0.25, 0.3) is 0 Å². The van der Waals surface area contributed by atoms with Gasteiger partial charge >= 0.3 is 48.4 Å². The van der Waals surface area contributed by atoms with Gasteiger partial charge in [0.1, 0.15) is 6.61 Å². The molecule has 32 heavy (non-hydrogen) atoms. The SMILES string of the molecule is [CH2]CCOCC(F)(OC(F)(F)C(F)(OC(F)(F)C(F)(F)C(F)(F)F)C(F)(F)F)C(F)(F)F. The van der Waals surface area contributed by atoms with Crippen LogP contribution >= 0.6 is 0 Å². The summed E-state index contributed by atoms with van der Waals surface area (Å²) in [5, 5.41) is 0. The molecule has 0 amide bonds. The molecule has 2 atom stereocenters. The lowest BCUT2D eigenvalue weighted by molar-refractivity contribution is -0.553. The fraction of sp³-hybridized carbons (Fsp3) is 0.917. The molecule has 0 rings (SSSR count). The molecule has 0 spiro atoms. The smallest absolute Gasteiger partial charge is 0.375 e. The van der Waals surface area contributed by atoms with Crippen LogP contribution in [0.15, 0.2) is 0 Å². The van der Waals surface area contributed by atoms with Crippen molar-refractivity contribution in [3.8, 4) is 0 Å². The van der Waals surface area contributed by atoms with E-state index in [2.05, 4.69) is 11.7 Å². The molecule has 2 unspecified atom stereocenters. The summed E-state index contributed by atoms with van der Waals surface area (Å²) >= 11 is 0. The fourth-order valence-electron chi connectivity index (χ4n) is 1.43. The van der Waals surface area contributed by atoms with E-state index in [1.54, 1.807) is 0 Å². The first kappa shape index (κ1) is 30.7. The van der Waals surface area contributed by atoms with Crippen LogP contribution in [-0.4, -0.2) is 61.6 Å². The van der Waals surface area contributed by atoms with Crippen LogP contribution in [0.1, 0.15) is 6.42 Å². The third-order valence-corrected chi connectivity index (χ3v) is 3.02. The standard InChI is InChI=1S/C12H8F17O3/c1-2-3-30-4-5(13,8(17,18)19)31-12(28,29)7(16,10(23,24)25)32-11(26,27)6(14,15)9(20,21)22/h1-4H2. The highest BCUT2D eigenvalue weighted by Crippen LogP contribution is 2.56. The maximum Gasteiger partial charge on any atom is 0.462 e. The molecule has 3 nitrogen and oxygen atoms in total. The summed E-state index contributed by atoms with van der Waals surface area (Å²) in [7, 11) is 0. The van der Waals surface area contributed by atoms with Gasteiger partial charge in [-0.05, 0) is 6.42 Å². The lowest BCUT2D eigenvalue weighted by Crippen LogP contribution is -2.67. The Morgan fingerprint density at radius 3 is 1.28 bits per heavy atom. The van der Waals surface area contributed by atoms with Crippen molar-refractivity contribution in [2.45, 2.75) is 54.8 Å². The van der Waals surface area contributed by atoms with Crippen molar-refractivity contribution in [1.82, 2.24) is 0 Å². The third-order valence-electron chi connectivity index (χ3n) is 3.02. The van der Waals surface area contributed by atoms with Crippen LogP contribution in [0.4, 0.5) is 74.6 Å². The monoisotopic (exact) mass is 523 g/mol. The van der Waals surface area contributed by atoms with Gasteiger partial charge in [0.15, 0.2) is 0 Å². The summed E-state index contributed by atoms with van der Waals surface area (Å²) in [6.07, 6.45) is -38.2. The van der Waals surface area contributed by atoms with E-state index in [1.807, 2.05) is 4.74 Å². The molecule has 0 bridgehead atoms. The molecule has 20 heteroatoms. The van der Waals surface area contributed by atoms with Crippen LogP contribution in [0.3, 0.4) is 0 Å². The van der Waals surface area contributed by atoms with E-state index in [0.717, 1.165) is 0 Å². The van der Waals surface area contributed by atoms with Crippen molar-refractivity contribution >= 4 is 0 Å². The van der Waals surface area contributed by atoms with Crippen molar-refractivity contribution in [2.75, 3.05) is 13.2 Å². The zero-order chi connectivity index (χ0) is 26.2. The van der Waals surface area contributed by atoms with Crippen molar-refractivity contribution in [1.29, 1.82) is 0 Å². The Kier molecular flexibility index (Phi) is 8.44. The Labute approximate surface area is 165 Å². The number of alkyl halides is 17. The van der Waals surface area contributed by atoms with Crippen molar-refractivity contribution in [2.24, 2.45) is 0 Å². The molecule has 0 aliphatic carbocycles. The topological polar surface area (TPSA) is 27.7 Å². The Morgan fingerprint density at radius 2 is 0.969 bits per heavy atom. The molecule has 0 fully saturated rings. The van der Waals surface area contributed by atoms with Crippen LogP contribution in [0.5, 0.6) is 0 Å². The molecule has 0 heterocycles. The van der Waals surface area contributed by atoms with Crippen LogP contribution in [0, 0.1) is 6.92 Å². The first-order valence-corrected chi connectivity index (χ1v) is 7.21. The first-order valence-electron chi connectivity index (χ1n) is 7.21. The molecule has 0 saturated heterocycles. The minimum atomic E-state index is -7.88. The van der Waals surface area contributed by atoms with Crippen LogP contribution < -0.4 is 0 Å². The lowest BCUT2D eigenvalue weighted by Gasteiger charge is -2.40. The Balaban J connectivity index is 6.47. The third kappa shape index (κ3) is 5.78. The first-order chi connectivity index (χ1) is 13.7. The number of hydrogen-bond donors (Lipinski definition) is 0. The van der Waals surface area contributed by atoms with Gasteiger partial charge in [-0.2, -0.15) is 74.6 Å². The quantitative estimate of drug-likeness (QED) is 0.256. The van der Waals surface area contributed by atoms with E-state index in [9.17, 15) is 74.6 Å². The molecule has 0 aromatic carbocycles. The predicted octanol–water partition coefficient (Wildman–Crippen LogP) is 6.10. The van der Waals surface area contributed by atoms with Gasteiger partial charge in [0, 0.05) is 6.61 Å². The van der Waals surface area contributed by atoms with Gasteiger partial charge in [-0.25, -0.2) is 0 Å². The zero-order valence-corrected chi connectivity index (χ0v) is 14.5. The molecule has 0 saturated carbocycles. The highest BCUT2D eigenvalue weighted by Gasteiger charge is 2.85. The Hall–Kier alpha value is -1.31.